The van der Waals surface area contributed by atoms with E-state index < -0.39 is 0 Å². The number of nitrogen functional groups attached to an aromatic ring is 1. The van der Waals surface area contributed by atoms with Gasteiger partial charge < -0.3 is 5.73 Å². The van der Waals surface area contributed by atoms with E-state index in [9.17, 15) is 0 Å². The Morgan fingerprint density at radius 3 is 2.85 bits per heavy atom. The number of pyridine rings is 1. The van der Waals surface area contributed by atoms with E-state index in [1.54, 1.807) is 6.07 Å². The summed E-state index contributed by atoms with van der Waals surface area (Å²) in [6.07, 6.45) is 0. The van der Waals surface area contributed by atoms with Gasteiger partial charge in [-0.15, -0.1) is 0 Å². The fourth-order valence-electron chi connectivity index (χ4n) is 1.23. The molecular weight excluding hydrogens is 251 g/mol. The van der Waals surface area contributed by atoms with Crippen LogP contribution in [0.25, 0.3) is 10.8 Å². The van der Waals surface area contributed by atoms with Crippen molar-refractivity contribution in [3.05, 3.63) is 33.9 Å². The number of hydrogen-bond acceptors (Lipinski definition) is 2. The topological polar surface area (TPSA) is 38.9 Å². The molecule has 4 heteroatoms. The first-order valence-corrected chi connectivity index (χ1v) is 4.86. The Labute approximate surface area is 88.8 Å². The monoisotopic (exact) mass is 256 g/mol. The number of anilines is 1. The predicted molar refractivity (Wildman–Crippen MR) is 58.9 cm³/mol. The Morgan fingerprint density at radius 1 is 1.31 bits per heavy atom. The summed E-state index contributed by atoms with van der Waals surface area (Å²) >= 11 is 9.21. The molecule has 0 atom stereocenters. The van der Waals surface area contributed by atoms with Gasteiger partial charge in [0.2, 0.25) is 0 Å². The second-order valence-electron chi connectivity index (χ2n) is 2.67. The van der Waals surface area contributed by atoms with E-state index in [0.717, 1.165) is 15.2 Å². The van der Waals surface area contributed by atoms with Gasteiger partial charge in [0.05, 0.1) is 0 Å². The van der Waals surface area contributed by atoms with Gasteiger partial charge in [-0.25, -0.2) is 4.98 Å². The van der Waals surface area contributed by atoms with E-state index in [1.165, 1.54) is 0 Å². The fraction of sp³-hybridized carbons (Fsp3) is 0. The van der Waals surface area contributed by atoms with E-state index in [1.807, 2.05) is 18.2 Å². The molecule has 0 radical (unpaired) electrons. The molecule has 2 rings (SSSR count). The van der Waals surface area contributed by atoms with Crippen LogP contribution in [0.4, 0.5) is 5.82 Å². The van der Waals surface area contributed by atoms with Gasteiger partial charge >= 0.3 is 0 Å². The first-order chi connectivity index (χ1) is 6.18. The zero-order valence-corrected chi connectivity index (χ0v) is 8.93. The maximum Gasteiger partial charge on any atom is 0.133 e. The van der Waals surface area contributed by atoms with Gasteiger partial charge in [0, 0.05) is 15.2 Å². The zero-order chi connectivity index (χ0) is 9.42. The van der Waals surface area contributed by atoms with Crippen LogP contribution in [0.1, 0.15) is 0 Å². The van der Waals surface area contributed by atoms with E-state index in [4.69, 9.17) is 17.3 Å². The Balaban J connectivity index is 2.94. The van der Waals surface area contributed by atoms with Gasteiger partial charge in [-0.1, -0.05) is 39.7 Å². The van der Waals surface area contributed by atoms with Crippen LogP contribution >= 0.6 is 27.5 Å². The maximum absolute atomic E-state index is 5.78. The number of nitrogens with zero attached hydrogens (tertiary/aromatic N) is 1. The van der Waals surface area contributed by atoms with Crippen LogP contribution in [-0.2, 0) is 0 Å². The molecule has 0 fully saturated rings. The van der Waals surface area contributed by atoms with Crippen molar-refractivity contribution in [3.8, 4) is 0 Å². The van der Waals surface area contributed by atoms with E-state index in [2.05, 4.69) is 20.9 Å². The number of benzene rings is 1. The molecule has 2 aromatic rings. The van der Waals surface area contributed by atoms with Crippen molar-refractivity contribution < 1.29 is 0 Å². The summed E-state index contributed by atoms with van der Waals surface area (Å²) in [6.45, 7) is 0. The molecule has 1 aromatic heterocycles. The minimum atomic E-state index is 0.414. The molecule has 0 amide bonds. The highest BCUT2D eigenvalue weighted by atomic mass is 79.9. The van der Waals surface area contributed by atoms with Crippen molar-refractivity contribution in [1.82, 2.24) is 4.98 Å². The molecule has 1 heterocycles. The Morgan fingerprint density at radius 2 is 2.08 bits per heavy atom. The smallest absolute Gasteiger partial charge is 0.133 e. The summed E-state index contributed by atoms with van der Waals surface area (Å²) in [5.41, 5.74) is 5.71. The maximum atomic E-state index is 5.78. The lowest BCUT2D eigenvalue weighted by molar-refractivity contribution is 1.37. The van der Waals surface area contributed by atoms with Crippen molar-refractivity contribution in [2.75, 3.05) is 5.73 Å². The lowest BCUT2D eigenvalue weighted by Crippen LogP contribution is -1.92. The summed E-state index contributed by atoms with van der Waals surface area (Å²) < 4.78 is 0.973. The molecule has 0 aliphatic carbocycles. The molecule has 2 N–H and O–H groups in total. The second kappa shape index (κ2) is 3.16. The highest BCUT2D eigenvalue weighted by Crippen LogP contribution is 2.28. The molecule has 0 unspecified atom stereocenters. The van der Waals surface area contributed by atoms with Gasteiger partial charge in [-0.2, -0.15) is 0 Å². The van der Waals surface area contributed by atoms with Crippen molar-refractivity contribution in [3.63, 3.8) is 0 Å². The summed E-state index contributed by atoms with van der Waals surface area (Å²) in [5, 5.41) is 2.32. The molecule has 0 aliphatic heterocycles. The van der Waals surface area contributed by atoms with E-state index in [-0.39, 0.29) is 0 Å². The molecule has 0 saturated heterocycles. The standard InChI is InChI=1S/C9H6BrClN2/c10-7-3-1-2-5-6(7)4-8(11)13-9(5)12/h1-4H,(H2,12,13). The zero-order valence-electron chi connectivity index (χ0n) is 6.59. The molecule has 2 nitrogen and oxygen atoms in total. The molecule has 13 heavy (non-hydrogen) atoms. The third-order valence-electron chi connectivity index (χ3n) is 1.82. The van der Waals surface area contributed by atoms with Crippen LogP contribution < -0.4 is 5.73 Å². The summed E-state index contributed by atoms with van der Waals surface area (Å²) in [6, 6.07) is 7.56. The average molecular weight is 258 g/mol. The minimum Gasteiger partial charge on any atom is -0.383 e. The normalized spacial score (nSPS) is 10.6. The molecule has 0 saturated carbocycles. The van der Waals surface area contributed by atoms with Crippen molar-refractivity contribution in [1.29, 1.82) is 0 Å². The van der Waals surface area contributed by atoms with Crippen LogP contribution in [0, 0.1) is 0 Å². The summed E-state index contributed by atoms with van der Waals surface area (Å²) in [7, 11) is 0. The SMILES string of the molecule is Nc1nc(Cl)cc2c(Br)cccc12. The molecule has 66 valence electrons. The van der Waals surface area contributed by atoms with Crippen molar-refractivity contribution in [2.24, 2.45) is 0 Å². The van der Waals surface area contributed by atoms with Gasteiger partial charge in [-0.05, 0) is 12.1 Å². The Bertz CT molecular complexity index is 470. The highest BCUT2D eigenvalue weighted by Gasteiger charge is 2.03. The number of fused-ring (bicyclic) bond motifs is 1. The number of hydrogen-bond donors (Lipinski definition) is 1. The van der Waals surface area contributed by atoms with E-state index in [0.29, 0.717) is 11.0 Å². The minimum absolute atomic E-state index is 0.414. The lowest BCUT2D eigenvalue weighted by atomic mass is 10.2. The van der Waals surface area contributed by atoms with Crippen molar-refractivity contribution in [2.45, 2.75) is 0 Å². The van der Waals surface area contributed by atoms with Crippen molar-refractivity contribution >= 4 is 44.1 Å². The predicted octanol–water partition coefficient (Wildman–Crippen LogP) is 3.23. The first-order valence-electron chi connectivity index (χ1n) is 3.69. The largest absolute Gasteiger partial charge is 0.383 e. The van der Waals surface area contributed by atoms with Crippen LogP contribution in [0.3, 0.4) is 0 Å². The fourth-order valence-corrected chi connectivity index (χ4v) is 1.91. The van der Waals surface area contributed by atoms with Gasteiger partial charge in [0.25, 0.3) is 0 Å². The number of rotatable bonds is 0. The number of halogens is 2. The quantitative estimate of drug-likeness (QED) is 0.736. The summed E-state index contributed by atoms with van der Waals surface area (Å²) in [4.78, 5) is 3.97. The highest BCUT2D eigenvalue weighted by molar-refractivity contribution is 9.10. The average Bonchev–Trinajstić information content (AvgIpc) is 2.07. The third-order valence-corrected chi connectivity index (χ3v) is 2.70. The first kappa shape index (κ1) is 8.78. The second-order valence-corrected chi connectivity index (χ2v) is 3.91. The van der Waals surface area contributed by atoms with Crippen LogP contribution in [-0.4, -0.2) is 4.98 Å². The molecular formula is C9H6BrClN2. The van der Waals surface area contributed by atoms with Crippen LogP contribution in [0.2, 0.25) is 5.15 Å². The molecule has 0 spiro atoms. The number of aromatic nitrogens is 1. The molecule has 0 aliphatic rings. The number of nitrogens with two attached hydrogens (primary N) is 1. The summed E-state index contributed by atoms with van der Waals surface area (Å²) in [5.74, 6) is 0.462. The van der Waals surface area contributed by atoms with Gasteiger partial charge in [0.15, 0.2) is 0 Å². The van der Waals surface area contributed by atoms with Gasteiger partial charge in [-0.3, -0.25) is 0 Å². The van der Waals surface area contributed by atoms with Gasteiger partial charge in [0.1, 0.15) is 11.0 Å². The Kier molecular flexibility index (Phi) is 2.14. The van der Waals surface area contributed by atoms with E-state index >= 15 is 0 Å². The molecule has 1 aromatic carbocycles. The van der Waals surface area contributed by atoms with Crippen LogP contribution in [0.15, 0.2) is 28.7 Å². The Hall–Kier alpha value is -0.800. The lowest BCUT2D eigenvalue weighted by Gasteiger charge is -2.03. The third kappa shape index (κ3) is 1.49. The van der Waals surface area contributed by atoms with Crippen LogP contribution in [0.5, 0.6) is 0 Å². The molecule has 0 bridgehead atoms.